The third kappa shape index (κ3) is 3.73. The fraction of sp³-hybridized carbons (Fsp3) is 0.632. The Morgan fingerprint density at radius 1 is 1.38 bits per heavy atom. The second kappa shape index (κ2) is 7.99. The molecule has 1 aromatic rings. The number of carbonyl (C=O) groups is 1. The molecule has 24 heavy (non-hydrogen) atoms. The van der Waals surface area contributed by atoms with Gasteiger partial charge in [-0.25, -0.2) is 0 Å². The van der Waals surface area contributed by atoms with E-state index < -0.39 is 0 Å². The summed E-state index contributed by atoms with van der Waals surface area (Å²) in [4.78, 5) is 14.5. The van der Waals surface area contributed by atoms with Crippen molar-refractivity contribution in [1.82, 2.24) is 4.90 Å². The zero-order valence-electron chi connectivity index (χ0n) is 14.3. The largest absolute Gasteiger partial charge is 0.483 e. The van der Waals surface area contributed by atoms with Gasteiger partial charge in [-0.05, 0) is 37.3 Å². The van der Waals surface area contributed by atoms with Gasteiger partial charge in [0.15, 0.2) is 6.61 Å². The summed E-state index contributed by atoms with van der Waals surface area (Å²) >= 11 is 0. The van der Waals surface area contributed by atoms with E-state index in [4.69, 9.17) is 9.47 Å². The van der Waals surface area contributed by atoms with Crippen LogP contribution in [-0.2, 0) is 16.0 Å². The molecule has 5 heteroatoms. The van der Waals surface area contributed by atoms with Gasteiger partial charge >= 0.3 is 0 Å². The monoisotopic (exact) mass is 333 g/mol. The molecular formula is C19H27NO4. The molecular weight excluding hydrogens is 306 g/mol. The van der Waals surface area contributed by atoms with Crippen LogP contribution in [0.1, 0.15) is 31.7 Å². The Kier molecular flexibility index (Phi) is 5.74. The van der Waals surface area contributed by atoms with Crippen molar-refractivity contribution in [1.29, 1.82) is 0 Å². The van der Waals surface area contributed by atoms with Crippen molar-refractivity contribution in [3.63, 3.8) is 0 Å². The average molecular weight is 333 g/mol. The predicted molar refractivity (Wildman–Crippen MR) is 91.0 cm³/mol. The lowest BCUT2D eigenvalue weighted by Gasteiger charge is -2.36. The van der Waals surface area contributed by atoms with Crippen LogP contribution in [-0.4, -0.2) is 54.4 Å². The van der Waals surface area contributed by atoms with Crippen LogP contribution in [0.4, 0.5) is 0 Å². The number of ether oxygens (including phenoxy) is 2. The van der Waals surface area contributed by atoms with Crippen molar-refractivity contribution >= 4 is 5.91 Å². The third-order valence-electron chi connectivity index (χ3n) is 5.18. The fourth-order valence-electron chi connectivity index (χ4n) is 3.82. The van der Waals surface area contributed by atoms with Crippen molar-refractivity contribution in [2.45, 2.75) is 44.8 Å². The highest BCUT2D eigenvalue weighted by Gasteiger charge is 2.39. The van der Waals surface area contributed by atoms with E-state index >= 15 is 0 Å². The molecule has 2 heterocycles. The highest BCUT2D eigenvalue weighted by Crippen LogP contribution is 2.30. The maximum Gasteiger partial charge on any atom is 0.260 e. The normalized spacial score (nSPS) is 27.2. The van der Waals surface area contributed by atoms with E-state index in [9.17, 15) is 9.90 Å². The summed E-state index contributed by atoms with van der Waals surface area (Å²) in [7, 11) is 0. The lowest BCUT2D eigenvalue weighted by atomic mass is 9.89. The predicted octanol–water partition coefficient (Wildman–Crippen LogP) is 2.02. The van der Waals surface area contributed by atoms with E-state index in [2.05, 4.69) is 6.92 Å². The molecule has 3 rings (SSSR count). The first-order valence-corrected chi connectivity index (χ1v) is 8.96. The maximum absolute atomic E-state index is 12.7. The Labute approximate surface area is 143 Å². The van der Waals surface area contributed by atoms with Crippen molar-refractivity contribution in [2.75, 3.05) is 26.4 Å². The Balaban J connectivity index is 1.61. The third-order valence-corrected chi connectivity index (χ3v) is 5.18. The minimum Gasteiger partial charge on any atom is -0.483 e. The number of aryl methyl sites for hydroxylation is 1. The Morgan fingerprint density at radius 3 is 3.00 bits per heavy atom. The second-order valence-corrected chi connectivity index (χ2v) is 6.64. The van der Waals surface area contributed by atoms with E-state index in [0.717, 1.165) is 37.1 Å². The Bertz CT molecular complexity index is 562. The van der Waals surface area contributed by atoms with E-state index in [-0.39, 0.29) is 30.6 Å². The number of benzene rings is 1. The van der Waals surface area contributed by atoms with Gasteiger partial charge < -0.3 is 19.5 Å². The number of rotatable bonds is 5. The van der Waals surface area contributed by atoms with Gasteiger partial charge in [-0.15, -0.1) is 0 Å². The van der Waals surface area contributed by atoms with Crippen LogP contribution >= 0.6 is 0 Å². The molecule has 5 nitrogen and oxygen atoms in total. The molecule has 0 spiro atoms. The minimum absolute atomic E-state index is 0.00109. The minimum atomic E-state index is -0.376. The van der Waals surface area contributed by atoms with Crippen LogP contribution in [0.25, 0.3) is 0 Å². The molecule has 0 aliphatic carbocycles. The average Bonchev–Trinajstić information content (AvgIpc) is 3.10. The van der Waals surface area contributed by atoms with Gasteiger partial charge in [0.2, 0.25) is 0 Å². The van der Waals surface area contributed by atoms with Gasteiger partial charge in [-0.2, -0.15) is 0 Å². The van der Waals surface area contributed by atoms with Crippen LogP contribution in [0.5, 0.6) is 5.75 Å². The van der Waals surface area contributed by atoms with Gasteiger partial charge in [0.1, 0.15) is 5.75 Å². The molecule has 2 fully saturated rings. The standard InChI is InChI=1S/C19H27NO4/c1-2-14-6-3-4-8-18(14)24-13-19(22)20-10-5-7-16(20)15-12-23-11-9-17(15)21/h3-4,6,8,15-17,21H,2,5,7,9-13H2,1H3/t15-,16+,17-/m0/s1. The molecule has 132 valence electrons. The molecule has 2 aliphatic heterocycles. The summed E-state index contributed by atoms with van der Waals surface area (Å²) in [6.07, 6.45) is 3.07. The topological polar surface area (TPSA) is 59.0 Å². The Hall–Kier alpha value is -1.59. The maximum atomic E-state index is 12.7. The second-order valence-electron chi connectivity index (χ2n) is 6.64. The number of amides is 1. The lowest BCUT2D eigenvalue weighted by molar-refractivity contribution is -0.138. The fourth-order valence-corrected chi connectivity index (χ4v) is 3.82. The van der Waals surface area contributed by atoms with Crippen LogP contribution in [0, 0.1) is 5.92 Å². The molecule has 0 radical (unpaired) electrons. The first kappa shape index (κ1) is 17.2. The number of likely N-dealkylation sites (tertiary alicyclic amines) is 1. The number of nitrogens with zero attached hydrogens (tertiary/aromatic N) is 1. The van der Waals surface area contributed by atoms with Gasteiger partial charge in [0.25, 0.3) is 5.91 Å². The zero-order valence-corrected chi connectivity index (χ0v) is 14.3. The van der Waals surface area contributed by atoms with Crippen LogP contribution in [0.3, 0.4) is 0 Å². The van der Waals surface area contributed by atoms with E-state index in [0.29, 0.717) is 19.6 Å². The molecule has 2 saturated heterocycles. The number of aliphatic hydroxyl groups excluding tert-OH is 1. The number of hydrogen-bond acceptors (Lipinski definition) is 4. The smallest absolute Gasteiger partial charge is 0.260 e. The van der Waals surface area contributed by atoms with E-state index in [1.54, 1.807) is 0 Å². The number of para-hydroxylation sites is 1. The van der Waals surface area contributed by atoms with Crippen molar-refractivity contribution in [3.8, 4) is 5.75 Å². The van der Waals surface area contributed by atoms with Crippen LogP contribution in [0.15, 0.2) is 24.3 Å². The summed E-state index contributed by atoms with van der Waals surface area (Å²) in [6, 6.07) is 7.90. The van der Waals surface area contributed by atoms with Gasteiger partial charge in [0, 0.05) is 25.1 Å². The molecule has 0 saturated carbocycles. The van der Waals surface area contributed by atoms with E-state index in [1.165, 1.54) is 0 Å². The van der Waals surface area contributed by atoms with Crippen LogP contribution < -0.4 is 4.74 Å². The molecule has 1 aromatic carbocycles. The summed E-state index contributed by atoms with van der Waals surface area (Å²) in [5, 5.41) is 10.3. The quantitative estimate of drug-likeness (QED) is 0.895. The van der Waals surface area contributed by atoms with Crippen molar-refractivity contribution < 1.29 is 19.4 Å². The molecule has 0 unspecified atom stereocenters. The first-order valence-electron chi connectivity index (χ1n) is 8.96. The summed E-state index contributed by atoms with van der Waals surface area (Å²) < 4.78 is 11.3. The molecule has 3 atom stereocenters. The summed E-state index contributed by atoms with van der Waals surface area (Å²) in [6.45, 7) is 4.01. The van der Waals surface area contributed by atoms with E-state index in [1.807, 2.05) is 29.2 Å². The SMILES string of the molecule is CCc1ccccc1OCC(=O)N1CCC[C@@H]1[C@@H]1COCC[C@@H]1O. The van der Waals surface area contributed by atoms with Gasteiger partial charge in [0.05, 0.1) is 12.7 Å². The highest BCUT2D eigenvalue weighted by molar-refractivity contribution is 5.78. The summed E-state index contributed by atoms with van der Waals surface area (Å²) in [5.74, 6) is 0.805. The molecule has 1 N–H and O–H groups in total. The summed E-state index contributed by atoms with van der Waals surface area (Å²) in [5.41, 5.74) is 1.11. The van der Waals surface area contributed by atoms with Crippen molar-refractivity contribution in [3.05, 3.63) is 29.8 Å². The molecule has 0 aromatic heterocycles. The molecule has 0 bridgehead atoms. The highest BCUT2D eigenvalue weighted by atomic mass is 16.5. The van der Waals surface area contributed by atoms with Crippen molar-refractivity contribution in [2.24, 2.45) is 5.92 Å². The lowest BCUT2D eigenvalue weighted by Crippen LogP contribution is -2.49. The number of hydrogen-bond donors (Lipinski definition) is 1. The van der Waals surface area contributed by atoms with Gasteiger partial charge in [-0.1, -0.05) is 25.1 Å². The number of aliphatic hydroxyl groups is 1. The van der Waals surface area contributed by atoms with Gasteiger partial charge in [-0.3, -0.25) is 4.79 Å². The van der Waals surface area contributed by atoms with Crippen LogP contribution in [0.2, 0.25) is 0 Å². The Morgan fingerprint density at radius 2 is 2.21 bits per heavy atom. The molecule has 2 aliphatic rings. The first-order chi connectivity index (χ1) is 11.7. The number of carbonyl (C=O) groups excluding carboxylic acids is 1. The zero-order chi connectivity index (χ0) is 16.9. The molecule has 1 amide bonds.